The van der Waals surface area contributed by atoms with Gasteiger partial charge in [0.15, 0.2) is 17.6 Å². The molecule has 5 rings (SSSR count). The highest BCUT2D eigenvalue weighted by Crippen LogP contribution is 2.31. The molecule has 30 heavy (non-hydrogen) atoms. The zero-order valence-electron chi connectivity index (χ0n) is 16.6. The molecule has 0 aliphatic carbocycles. The predicted octanol–water partition coefficient (Wildman–Crippen LogP) is 3.94. The lowest BCUT2D eigenvalue weighted by molar-refractivity contribution is 0.0521. The van der Waals surface area contributed by atoms with Gasteiger partial charge in [-0.2, -0.15) is 0 Å². The van der Waals surface area contributed by atoms with Gasteiger partial charge in [-0.3, -0.25) is 9.36 Å². The Bertz CT molecular complexity index is 1200. The van der Waals surface area contributed by atoms with E-state index in [4.69, 9.17) is 9.47 Å². The lowest BCUT2D eigenvalue weighted by atomic mass is 10.1. The Hall–Kier alpha value is -3.80. The molecule has 0 fully saturated rings. The summed E-state index contributed by atoms with van der Waals surface area (Å²) in [5.74, 6) is 1.40. The van der Waals surface area contributed by atoms with Crippen LogP contribution in [-0.2, 0) is 0 Å². The van der Waals surface area contributed by atoms with Gasteiger partial charge in [0.05, 0.1) is 17.6 Å². The van der Waals surface area contributed by atoms with Crippen molar-refractivity contribution >= 4 is 16.9 Å². The summed E-state index contributed by atoms with van der Waals surface area (Å²) in [4.78, 5) is 19.0. The molecule has 0 saturated heterocycles. The zero-order chi connectivity index (χ0) is 20.5. The topological polar surface area (TPSA) is 56.6 Å². The van der Waals surface area contributed by atoms with Gasteiger partial charge in [0.25, 0.3) is 5.91 Å². The van der Waals surface area contributed by atoms with Gasteiger partial charge in [0.2, 0.25) is 0 Å². The number of carbonyl (C=O) groups excluding carboxylic acids is 1. The quantitative estimate of drug-likeness (QED) is 0.522. The molecule has 3 aromatic carbocycles. The number of fused-ring (bicyclic) bond motifs is 2. The number of hydrogen-bond donors (Lipinski definition) is 0. The number of benzene rings is 3. The molecule has 150 valence electrons. The monoisotopic (exact) mass is 399 g/mol. The van der Waals surface area contributed by atoms with E-state index in [0.717, 1.165) is 22.5 Å². The highest BCUT2D eigenvalue weighted by Gasteiger charge is 2.24. The van der Waals surface area contributed by atoms with Gasteiger partial charge < -0.3 is 14.4 Å². The first kappa shape index (κ1) is 18.2. The van der Waals surface area contributed by atoms with Crippen molar-refractivity contribution in [2.45, 2.75) is 6.10 Å². The smallest absolute Gasteiger partial charge is 0.253 e. The van der Waals surface area contributed by atoms with Crippen LogP contribution in [-0.4, -0.2) is 46.7 Å². The minimum atomic E-state index is -0.203. The molecular formula is C24H21N3O3. The van der Waals surface area contributed by atoms with E-state index >= 15 is 0 Å². The largest absolute Gasteiger partial charge is 0.486 e. The molecule has 0 radical (unpaired) electrons. The third kappa shape index (κ3) is 3.37. The van der Waals surface area contributed by atoms with Crippen LogP contribution < -0.4 is 9.47 Å². The highest BCUT2D eigenvalue weighted by atomic mass is 16.6. The minimum absolute atomic E-state index is 0.0560. The van der Waals surface area contributed by atoms with E-state index in [2.05, 4.69) is 4.98 Å². The van der Waals surface area contributed by atoms with Gasteiger partial charge >= 0.3 is 0 Å². The summed E-state index contributed by atoms with van der Waals surface area (Å²) in [6.45, 7) is 0.863. The SMILES string of the molecule is CN(C[C@H]1COc2ccccc2O1)C(=O)c1ccc(-n2cnc3ccccc32)cc1. The van der Waals surface area contributed by atoms with Gasteiger partial charge in [0.1, 0.15) is 12.9 Å². The lowest BCUT2D eigenvalue weighted by Gasteiger charge is -2.29. The van der Waals surface area contributed by atoms with Crippen LogP contribution in [0.25, 0.3) is 16.7 Å². The van der Waals surface area contributed by atoms with Crippen LogP contribution in [0, 0.1) is 0 Å². The Kier molecular flexibility index (Phi) is 4.59. The maximum absolute atomic E-state index is 12.9. The standard InChI is InChI=1S/C24H21N3O3/c1-26(14-19-15-29-22-8-4-5-9-23(22)30-19)24(28)17-10-12-18(13-11-17)27-16-25-20-6-2-3-7-21(20)27/h2-13,16,19H,14-15H2,1H3/t19-/m0/s1. The van der Waals surface area contributed by atoms with Crippen molar-refractivity contribution in [2.75, 3.05) is 20.2 Å². The molecule has 1 atom stereocenters. The molecule has 1 aliphatic heterocycles. The number of carbonyl (C=O) groups is 1. The van der Waals surface area contributed by atoms with E-state index < -0.39 is 0 Å². The van der Waals surface area contributed by atoms with Crippen LogP contribution in [0.4, 0.5) is 0 Å². The number of hydrogen-bond acceptors (Lipinski definition) is 4. The predicted molar refractivity (Wildman–Crippen MR) is 114 cm³/mol. The Morgan fingerprint density at radius 2 is 1.77 bits per heavy atom. The normalized spacial score (nSPS) is 15.2. The second-order valence-corrected chi connectivity index (χ2v) is 7.33. The van der Waals surface area contributed by atoms with E-state index in [1.165, 1.54) is 0 Å². The minimum Gasteiger partial charge on any atom is -0.486 e. The van der Waals surface area contributed by atoms with Crippen molar-refractivity contribution < 1.29 is 14.3 Å². The van der Waals surface area contributed by atoms with Gasteiger partial charge in [-0.05, 0) is 48.5 Å². The average Bonchev–Trinajstić information content (AvgIpc) is 3.23. The van der Waals surface area contributed by atoms with Crippen molar-refractivity contribution in [3.63, 3.8) is 0 Å². The second-order valence-electron chi connectivity index (χ2n) is 7.33. The molecule has 1 aliphatic rings. The molecule has 0 bridgehead atoms. The zero-order valence-corrected chi connectivity index (χ0v) is 16.6. The van der Waals surface area contributed by atoms with Crippen molar-refractivity contribution in [1.29, 1.82) is 0 Å². The molecule has 6 heteroatoms. The molecule has 0 N–H and O–H groups in total. The summed E-state index contributed by atoms with van der Waals surface area (Å²) in [6.07, 6.45) is 1.59. The number of ether oxygens (including phenoxy) is 2. The number of likely N-dealkylation sites (N-methyl/N-ethyl adjacent to an activating group) is 1. The first-order valence-corrected chi connectivity index (χ1v) is 9.85. The van der Waals surface area contributed by atoms with Crippen LogP contribution in [0.1, 0.15) is 10.4 Å². The molecule has 1 aromatic heterocycles. The first-order chi connectivity index (χ1) is 14.7. The number of aromatic nitrogens is 2. The van der Waals surface area contributed by atoms with Gasteiger partial charge in [-0.25, -0.2) is 4.98 Å². The first-order valence-electron chi connectivity index (χ1n) is 9.85. The van der Waals surface area contributed by atoms with Crippen molar-refractivity contribution in [2.24, 2.45) is 0 Å². The fourth-order valence-corrected chi connectivity index (χ4v) is 3.69. The van der Waals surface area contributed by atoms with Crippen molar-refractivity contribution in [3.05, 3.63) is 84.7 Å². The lowest BCUT2D eigenvalue weighted by Crippen LogP contribution is -2.41. The van der Waals surface area contributed by atoms with Crippen LogP contribution >= 0.6 is 0 Å². The summed E-state index contributed by atoms with van der Waals surface area (Å²) >= 11 is 0. The van der Waals surface area contributed by atoms with Crippen LogP contribution in [0.5, 0.6) is 11.5 Å². The van der Waals surface area contributed by atoms with Crippen molar-refractivity contribution in [1.82, 2.24) is 14.5 Å². The van der Waals surface area contributed by atoms with Gasteiger partial charge in [-0.1, -0.05) is 24.3 Å². The maximum Gasteiger partial charge on any atom is 0.253 e. The number of rotatable bonds is 4. The summed E-state index contributed by atoms with van der Waals surface area (Å²) < 4.78 is 13.7. The van der Waals surface area contributed by atoms with Crippen molar-refractivity contribution in [3.8, 4) is 17.2 Å². The molecule has 2 heterocycles. The van der Waals surface area contributed by atoms with E-state index in [1.54, 1.807) is 18.3 Å². The van der Waals surface area contributed by atoms with Gasteiger partial charge in [-0.15, -0.1) is 0 Å². The Labute approximate surface area is 174 Å². The number of para-hydroxylation sites is 4. The summed E-state index contributed by atoms with van der Waals surface area (Å²) in [7, 11) is 1.78. The summed E-state index contributed by atoms with van der Waals surface area (Å²) in [5, 5.41) is 0. The Morgan fingerprint density at radius 1 is 1.03 bits per heavy atom. The second kappa shape index (κ2) is 7.55. The number of nitrogens with zero attached hydrogens (tertiary/aromatic N) is 3. The maximum atomic E-state index is 12.9. The Morgan fingerprint density at radius 3 is 2.60 bits per heavy atom. The van der Waals surface area contributed by atoms with Crippen LogP contribution in [0.3, 0.4) is 0 Å². The van der Waals surface area contributed by atoms with E-state index in [1.807, 2.05) is 77.4 Å². The molecule has 0 saturated carbocycles. The molecular weight excluding hydrogens is 378 g/mol. The molecule has 6 nitrogen and oxygen atoms in total. The summed E-state index contributed by atoms with van der Waals surface area (Å²) in [5.41, 5.74) is 3.56. The molecule has 0 unspecified atom stereocenters. The highest BCUT2D eigenvalue weighted by molar-refractivity contribution is 5.94. The number of amides is 1. The third-order valence-electron chi connectivity index (χ3n) is 5.24. The van der Waals surface area contributed by atoms with E-state index in [-0.39, 0.29) is 12.0 Å². The molecule has 4 aromatic rings. The van der Waals surface area contributed by atoms with E-state index in [9.17, 15) is 4.79 Å². The summed E-state index contributed by atoms with van der Waals surface area (Å²) in [6, 6.07) is 23.1. The fraction of sp³-hybridized carbons (Fsp3) is 0.167. The molecule has 1 amide bonds. The van der Waals surface area contributed by atoms with E-state index in [0.29, 0.717) is 24.5 Å². The van der Waals surface area contributed by atoms with Crippen LogP contribution in [0.15, 0.2) is 79.1 Å². The molecule has 0 spiro atoms. The number of imidazole rings is 1. The van der Waals surface area contributed by atoms with Gasteiger partial charge in [0, 0.05) is 18.3 Å². The third-order valence-corrected chi connectivity index (χ3v) is 5.24. The fourth-order valence-electron chi connectivity index (χ4n) is 3.69. The van der Waals surface area contributed by atoms with Crippen LogP contribution in [0.2, 0.25) is 0 Å². The Balaban J connectivity index is 1.28. The average molecular weight is 399 g/mol.